The van der Waals surface area contributed by atoms with Crippen LogP contribution in [0, 0.1) is 10.1 Å². The van der Waals surface area contributed by atoms with Crippen LogP contribution in [-0.4, -0.2) is 41.3 Å². The van der Waals surface area contributed by atoms with Crippen molar-refractivity contribution >= 4 is 11.6 Å². The van der Waals surface area contributed by atoms with E-state index in [9.17, 15) is 10.1 Å². The van der Waals surface area contributed by atoms with Gasteiger partial charge in [0.1, 0.15) is 5.10 Å². The Morgan fingerprint density at radius 2 is 2.47 bits per heavy atom. The maximum Gasteiger partial charge on any atom is 0.273 e. The van der Waals surface area contributed by atoms with E-state index in [0.29, 0.717) is 13.3 Å². The predicted molar refractivity (Wildman–Crippen MR) is 61.8 cm³/mol. The van der Waals surface area contributed by atoms with Crippen LogP contribution >= 0.6 is 0 Å². The zero-order valence-corrected chi connectivity index (χ0v) is 9.28. The van der Waals surface area contributed by atoms with Crippen LogP contribution in [0.3, 0.4) is 0 Å². The Hall–Kier alpha value is -2.38. The molecule has 0 spiro atoms. The first kappa shape index (κ1) is 11.1. The Balaban J connectivity index is 2.08. The number of nitrogens with one attached hydrogen (secondary N) is 1. The third-order valence-corrected chi connectivity index (χ3v) is 2.36. The molecule has 2 rings (SSSR count). The molecule has 1 N–H and O–H groups in total. The summed E-state index contributed by atoms with van der Waals surface area (Å²) in [6.45, 7) is 0.980. The largest absolute Gasteiger partial charge is 0.335 e. The SMILES string of the molecule is CN1CN(c2cccnc2)CN/C1=N/[N+](=O)[O-]. The molecule has 2 heterocycles. The van der Waals surface area contributed by atoms with Gasteiger partial charge in [-0.3, -0.25) is 4.98 Å². The van der Waals surface area contributed by atoms with E-state index in [4.69, 9.17) is 0 Å². The summed E-state index contributed by atoms with van der Waals surface area (Å²) < 4.78 is 0. The summed E-state index contributed by atoms with van der Waals surface area (Å²) in [4.78, 5) is 18.0. The molecule has 1 fully saturated rings. The summed E-state index contributed by atoms with van der Waals surface area (Å²) >= 11 is 0. The third-order valence-electron chi connectivity index (χ3n) is 2.36. The fourth-order valence-corrected chi connectivity index (χ4v) is 1.58. The first-order valence-electron chi connectivity index (χ1n) is 5.00. The van der Waals surface area contributed by atoms with Crippen molar-refractivity contribution in [1.82, 2.24) is 15.2 Å². The molecule has 1 aromatic heterocycles. The molecular formula is C9H12N6O2. The summed E-state index contributed by atoms with van der Waals surface area (Å²) in [5.74, 6) is 0.259. The number of rotatable bonds is 2. The number of aromatic nitrogens is 1. The van der Waals surface area contributed by atoms with Crippen LogP contribution in [0.1, 0.15) is 0 Å². The number of anilines is 1. The first-order valence-corrected chi connectivity index (χ1v) is 5.00. The molecule has 0 aliphatic carbocycles. The molecule has 8 heteroatoms. The smallest absolute Gasteiger partial charge is 0.273 e. The van der Waals surface area contributed by atoms with Crippen molar-refractivity contribution < 1.29 is 5.03 Å². The highest BCUT2D eigenvalue weighted by molar-refractivity contribution is 5.80. The van der Waals surface area contributed by atoms with E-state index < -0.39 is 5.03 Å². The van der Waals surface area contributed by atoms with E-state index in [1.54, 1.807) is 24.3 Å². The second-order valence-corrected chi connectivity index (χ2v) is 3.59. The van der Waals surface area contributed by atoms with Gasteiger partial charge in [0.15, 0.2) is 5.03 Å². The number of guanidine groups is 1. The van der Waals surface area contributed by atoms with Gasteiger partial charge in [-0.25, -0.2) is 10.1 Å². The van der Waals surface area contributed by atoms with Crippen LogP contribution < -0.4 is 10.2 Å². The maximum absolute atomic E-state index is 10.3. The molecule has 1 aliphatic heterocycles. The van der Waals surface area contributed by atoms with E-state index >= 15 is 0 Å². The van der Waals surface area contributed by atoms with Crippen LogP contribution in [0.5, 0.6) is 0 Å². The molecule has 1 saturated heterocycles. The van der Waals surface area contributed by atoms with Gasteiger partial charge in [0.2, 0.25) is 0 Å². The Kier molecular flexibility index (Phi) is 3.03. The van der Waals surface area contributed by atoms with Crippen LogP contribution in [0.25, 0.3) is 0 Å². The lowest BCUT2D eigenvalue weighted by Crippen LogP contribution is -2.55. The topological polar surface area (TPSA) is 86.9 Å². The van der Waals surface area contributed by atoms with Crippen molar-refractivity contribution in [3.63, 3.8) is 0 Å². The molecule has 0 unspecified atom stereocenters. The minimum atomic E-state index is -0.710. The number of hydrogen-bond acceptors (Lipinski definition) is 4. The molecule has 1 aliphatic rings. The van der Waals surface area contributed by atoms with Gasteiger partial charge in [-0.05, 0) is 12.1 Å². The summed E-state index contributed by atoms with van der Waals surface area (Å²) in [5, 5.41) is 15.7. The number of nitro groups is 1. The quantitative estimate of drug-likeness (QED) is 0.569. The van der Waals surface area contributed by atoms with E-state index in [2.05, 4.69) is 15.4 Å². The Morgan fingerprint density at radius 3 is 3.06 bits per heavy atom. The standard InChI is InChI=1S/C9H12N6O2/c1-13-7-14(8-3-2-4-10-5-8)6-11-9(13)12-15(16)17/h2-5H,6-7H2,1H3,(H,11,12). The monoisotopic (exact) mass is 236 g/mol. The predicted octanol–water partition coefficient (Wildman–Crippen LogP) is -0.114. The fraction of sp³-hybridized carbons (Fsp3) is 0.333. The molecule has 0 radical (unpaired) electrons. The second-order valence-electron chi connectivity index (χ2n) is 3.59. The molecule has 17 heavy (non-hydrogen) atoms. The number of hydrogen-bond donors (Lipinski definition) is 1. The maximum atomic E-state index is 10.3. The van der Waals surface area contributed by atoms with Crippen molar-refractivity contribution in [3.05, 3.63) is 34.6 Å². The van der Waals surface area contributed by atoms with Crippen LogP contribution in [-0.2, 0) is 0 Å². The zero-order chi connectivity index (χ0) is 12.3. The Morgan fingerprint density at radius 1 is 1.65 bits per heavy atom. The number of nitrogens with zero attached hydrogens (tertiary/aromatic N) is 5. The van der Waals surface area contributed by atoms with Crippen LogP contribution in [0.2, 0.25) is 0 Å². The molecule has 0 atom stereocenters. The molecular weight excluding hydrogens is 224 g/mol. The Bertz CT molecular complexity index is 434. The van der Waals surface area contributed by atoms with Crippen molar-refractivity contribution in [2.45, 2.75) is 0 Å². The van der Waals surface area contributed by atoms with E-state index in [0.717, 1.165) is 5.69 Å². The van der Waals surface area contributed by atoms with Crippen molar-refractivity contribution in [2.75, 3.05) is 25.3 Å². The number of pyridine rings is 1. The van der Waals surface area contributed by atoms with Crippen molar-refractivity contribution in [2.24, 2.45) is 5.10 Å². The molecule has 1 aromatic rings. The highest BCUT2D eigenvalue weighted by Crippen LogP contribution is 2.13. The van der Waals surface area contributed by atoms with E-state index in [1.807, 2.05) is 17.0 Å². The first-order chi connectivity index (χ1) is 8.16. The van der Waals surface area contributed by atoms with Crippen LogP contribution in [0.4, 0.5) is 5.69 Å². The highest BCUT2D eigenvalue weighted by Gasteiger charge is 2.21. The molecule has 0 amide bonds. The van der Waals surface area contributed by atoms with Gasteiger partial charge in [0, 0.05) is 13.2 Å². The lowest BCUT2D eigenvalue weighted by atomic mass is 10.4. The zero-order valence-electron chi connectivity index (χ0n) is 9.28. The summed E-state index contributed by atoms with van der Waals surface area (Å²) in [5.41, 5.74) is 0.951. The average Bonchev–Trinajstić information content (AvgIpc) is 2.32. The Labute approximate surface area is 97.7 Å². The van der Waals surface area contributed by atoms with E-state index in [-0.39, 0.29) is 5.96 Å². The molecule has 0 saturated carbocycles. The summed E-state index contributed by atoms with van der Waals surface area (Å²) in [7, 11) is 1.73. The summed E-state index contributed by atoms with van der Waals surface area (Å²) in [6, 6.07) is 3.77. The molecule has 0 aromatic carbocycles. The average molecular weight is 236 g/mol. The fourth-order valence-electron chi connectivity index (χ4n) is 1.58. The minimum absolute atomic E-state index is 0.259. The lowest BCUT2D eigenvalue weighted by molar-refractivity contribution is -0.486. The van der Waals surface area contributed by atoms with Gasteiger partial charge >= 0.3 is 0 Å². The molecule has 90 valence electrons. The third kappa shape index (κ3) is 2.60. The van der Waals surface area contributed by atoms with Crippen LogP contribution in [0.15, 0.2) is 29.6 Å². The van der Waals surface area contributed by atoms with Gasteiger partial charge in [-0.2, -0.15) is 0 Å². The van der Waals surface area contributed by atoms with Gasteiger partial charge in [-0.15, -0.1) is 0 Å². The minimum Gasteiger partial charge on any atom is -0.335 e. The van der Waals surface area contributed by atoms with E-state index in [1.165, 1.54) is 0 Å². The van der Waals surface area contributed by atoms with Gasteiger partial charge in [-0.1, -0.05) is 0 Å². The van der Waals surface area contributed by atoms with Crippen molar-refractivity contribution in [1.29, 1.82) is 0 Å². The van der Waals surface area contributed by atoms with Gasteiger partial charge in [0.25, 0.3) is 5.96 Å². The second kappa shape index (κ2) is 4.64. The molecule has 8 nitrogen and oxygen atoms in total. The normalized spacial score (nSPS) is 18.1. The summed E-state index contributed by atoms with van der Waals surface area (Å²) in [6.07, 6.45) is 3.44. The van der Waals surface area contributed by atoms with Crippen molar-refractivity contribution in [3.8, 4) is 0 Å². The lowest BCUT2D eigenvalue weighted by Gasteiger charge is -2.35. The number of hydrazone groups is 1. The molecule has 0 bridgehead atoms. The van der Waals surface area contributed by atoms with Gasteiger partial charge in [0.05, 0.1) is 25.2 Å². The highest BCUT2D eigenvalue weighted by atomic mass is 16.7. The van der Waals surface area contributed by atoms with Gasteiger partial charge < -0.3 is 15.1 Å².